The van der Waals surface area contributed by atoms with Crippen LogP contribution in [0.4, 0.5) is 17.1 Å². The highest BCUT2D eigenvalue weighted by molar-refractivity contribution is 5.99. The van der Waals surface area contributed by atoms with E-state index in [1.165, 1.54) is 72.1 Å². The monoisotopic (exact) mass is 603 g/mol. The number of hydrogen-bond acceptors (Lipinski definition) is 1. The Labute approximate surface area is 277 Å². The number of nitrogens with zero attached hydrogens (tertiary/aromatic N) is 1. The van der Waals surface area contributed by atoms with E-state index in [1.54, 1.807) is 0 Å². The van der Waals surface area contributed by atoms with Crippen LogP contribution in [-0.2, 0) is 10.8 Å². The highest BCUT2D eigenvalue weighted by atomic mass is 15.1. The lowest BCUT2D eigenvalue weighted by atomic mass is 9.80. The van der Waals surface area contributed by atoms with E-state index in [0.29, 0.717) is 0 Å². The van der Waals surface area contributed by atoms with Crippen LogP contribution >= 0.6 is 0 Å². The van der Waals surface area contributed by atoms with Gasteiger partial charge in [0.1, 0.15) is 0 Å². The molecule has 0 aliphatic heterocycles. The van der Waals surface area contributed by atoms with E-state index in [-0.39, 0.29) is 10.8 Å². The van der Waals surface area contributed by atoms with Gasteiger partial charge in [0.25, 0.3) is 0 Å². The van der Waals surface area contributed by atoms with Gasteiger partial charge in [0.05, 0.1) is 0 Å². The minimum absolute atomic E-state index is 0.0551. The van der Waals surface area contributed by atoms with Crippen molar-refractivity contribution in [1.29, 1.82) is 0 Å². The molecule has 0 radical (unpaired) electrons. The van der Waals surface area contributed by atoms with E-state index in [0.717, 1.165) is 11.4 Å². The molecule has 0 fully saturated rings. The van der Waals surface area contributed by atoms with E-state index >= 15 is 0 Å². The molecule has 0 heterocycles. The zero-order valence-electron chi connectivity index (χ0n) is 27.4. The maximum Gasteiger partial charge on any atom is 0.0468 e. The normalized spacial score (nSPS) is 14.7. The third-order valence-corrected chi connectivity index (χ3v) is 10.8. The molecule has 0 aromatic heterocycles. The number of anilines is 3. The Bertz CT molecular complexity index is 2340. The molecule has 1 nitrogen and oxygen atoms in total. The Morgan fingerprint density at radius 1 is 0.383 bits per heavy atom. The predicted molar refractivity (Wildman–Crippen MR) is 199 cm³/mol. The minimum atomic E-state index is -0.0741. The summed E-state index contributed by atoms with van der Waals surface area (Å²) in [4.78, 5) is 2.43. The summed E-state index contributed by atoms with van der Waals surface area (Å²) in [5.41, 5.74) is 16.8. The molecule has 0 unspecified atom stereocenters. The van der Waals surface area contributed by atoms with E-state index < -0.39 is 0 Å². The molecule has 47 heavy (non-hydrogen) atoms. The van der Waals surface area contributed by atoms with Gasteiger partial charge >= 0.3 is 0 Å². The number of hydrogen-bond donors (Lipinski definition) is 0. The molecule has 0 atom stereocenters. The van der Waals surface area contributed by atoms with Crippen molar-refractivity contribution >= 4 is 27.8 Å². The third kappa shape index (κ3) is 4.09. The first-order chi connectivity index (χ1) is 22.8. The van der Waals surface area contributed by atoms with E-state index in [4.69, 9.17) is 0 Å². The van der Waals surface area contributed by atoms with E-state index in [2.05, 4.69) is 184 Å². The third-order valence-electron chi connectivity index (χ3n) is 10.8. The van der Waals surface area contributed by atoms with Gasteiger partial charge in [-0.05, 0) is 103 Å². The fourth-order valence-electron chi connectivity index (χ4n) is 8.46. The van der Waals surface area contributed by atoms with Gasteiger partial charge in [-0.2, -0.15) is 0 Å². The minimum Gasteiger partial charge on any atom is -0.310 e. The maximum atomic E-state index is 2.43. The maximum absolute atomic E-state index is 2.43. The topological polar surface area (TPSA) is 3.24 Å². The Balaban J connectivity index is 1.21. The fourth-order valence-corrected chi connectivity index (χ4v) is 8.46. The molecule has 7 aromatic rings. The quantitative estimate of drug-likeness (QED) is 0.193. The van der Waals surface area contributed by atoms with Gasteiger partial charge in [0.2, 0.25) is 0 Å². The smallest absolute Gasteiger partial charge is 0.0468 e. The van der Waals surface area contributed by atoms with Crippen molar-refractivity contribution in [1.82, 2.24) is 0 Å². The summed E-state index contributed by atoms with van der Waals surface area (Å²) in [6.07, 6.45) is 0. The lowest BCUT2D eigenvalue weighted by Crippen LogP contribution is -2.17. The van der Waals surface area contributed by atoms with Crippen molar-refractivity contribution in [3.63, 3.8) is 0 Å². The Hall–Kier alpha value is -5.40. The molecule has 1 heteroatoms. The zero-order valence-corrected chi connectivity index (χ0v) is 27.4. The summed E-state index contributed by atoms with van der Waals surface area (Å²) in [5, 5.41) is 2.60. The standard InChI is InChI=1S/C46H37N/c1-45(2)41-16-10-8-14-37(41)39-27-24-35(29-43(39)45)47(33-21-18-31(19-22-33)30-12-6-5-7-13-30)34-23-26-36-32(28-34)20-25-40-38-15-9-11-17-42(38)46(3,4)44(36)40/h5-29H,1-4H3. The van der Waals surface area contributed by atoms with Gasteiger partial charge in [-0.25, -0.2) is 0 Å². The average Bonchev–Trinajstić information content (AvgIpc) is 3.49. The first kappa shape index (κ1) is 27.9. The van der Waals surface area contributed by atoms with E-state index in [1.807, 2.05) is 0 Å². The van der Waals surface area contributed by atoms with Crippen LogP contribution in [0.15, 0.2) is 152 Å². The van der Waals surface area contributed by atoms with Crippen LogP contribution in [0.25, 0.3) is 44.2 Å². The lowest BCUT2D eigenvalue weighted by Gasteiger charge is -2.29. The largest absolute Gasteiger partial charge is 0.310 e. The van der Waals surface area contributed by atoms with Crippen LogP contribution in [0, 0.1) is 0 Å². The SMILES string of the molecule is CC1(C)c2ccccc2-c2ccc(N(c3ccc(-c4ccccc4)cc3)c3ccc4c5c(ccc4c3)-c3ccccc3C5(C)C)cc21. The van der Waals surface area contributed by atoms with Crippen molar-refractivity contribution < 1.29 is 0 Å². The summed E-state index contributed by atoms with van der Waals surface area (Å²) in [7, 11) is 0. The van der Waals surface area contributed by atoms with Crippen molar-refractivity contribution in [2.24, 2.45) is 0 Å². The average molecular weight is 604 g/mol. The second-order valence-corrected chi connectivity index (χ2v) is 14.2. The molecule has 0 spiro atoms. The number of rotatable bonds is 4. The molecule has 9 rings (SSSR count). The molecule has 0 amide bonds. The van der Waals surface area contributed by atoms with Gasteiger partial charge < -0.3 is 4.90 Å². The van der Waals surface area contributed by atoms with Crippen molar-refractivity contribution in [3.8, 4) is 33.4 Å². The van der Waals surface area contributed by atoms with Crippen LogP contribution in [0.5, 0.6) is 0 Å². The Morgan fingerprint density at radius 3 is 1.66 bits per heavy atom. The summed E-state index contributed by atoms with van der Waals surface area (Å²) >= 11 is 0. The second-order valence-electron chi connectivity index (χ2n) is 14.2. The molecule has 2 aliphatic rings. The number of fused-ring (bicyclic) bond motifs is 8. The first-order valence-electron chi connectivity index (χ1n) is 16.7. The van der Waals surface area contributed by atoms with E-state index in [9.17, 15) is 0 Å². The van der Waals surface area contributed by atoms with Gasteiger partial charge in [-0.1, -0.05) is 143 Å². The zero-order chi connectivity index (χ0) is 31.9. The number of benzene rings is 7. The van der Waals surface area contributed by atoms with Crippen molar-refractivity contribution in [2.45, 2.75) is 38.5 Å². The van der Waals surface area contributed by atoms with Gasteiger partial charge in [-0.15, -0.1) is 0 Å². The first-order valence-corrected chi connectivity index (χ1v) is 16.7. The molecular formula is C46H37N. The molecule has 7 aromatic carbocycles. The van der Waals surface area contributed by atoms with Crippen LogP contribution in [0.1, 0.15) is 49.9 Å². The molecule has 0 saturated heterocycles. The predicted octanol–water partition coefficient (Wildman–Crippen LogP) is 12.6. The second kappa shape index (κ2) is 10.0. The summed E-state index contributed by atoms with van der Waals surface area (Å²) in [6, 6.07) is 56.2. The molecule has 0 saturated carbocycles. The van der Waals surface area contributed by atoms with Gasteiger partial charge in [0, 0.05) is 27.9 Å². The van der Waals surface area contributed by atoms with Gasteiger partial charge in [-0.3, -0.25) is 0 Å². The molecular weight excluding hydrogens is 567 g/mol. The summed E-state index contributed by atoms with van der Waals surface area (Å²) in [6.45, 7) is 9.46. The van der Waals surface area contributed by atoms with Gasteiger partial charge in [0.15, 0.2) is 0 Å². The van der Waals surface area contributed by atoms with Crippen LogP contribution < -0.4 is 4.90 Å². The van der Waals surface area contributed by atoms with Crippen LogP contribution in [0.2, 0.25) is 0 Å². The molecule has 0 bridgehead atoms. The van der Waals surface area contributed by atoms with Crippen LogP contribution in [0.3, 0.4) is 0 Å². The van der Waals surface area contributed by atoms with Crippen molar-refractivity contribution in [3.05, 3.63) is 174 Å². The highest BCUT2D eigenvalue weighted by Crippen LogP contribution is 2.53. The molecule has 0 N–H and O–H groups in total. The Kier molecular flexibility index (Phi) is 5.96. The fraction of sp³-hybridized carbons (Fsp3) is 0.130. The highest BCUT2D eigenvalue weighted by Gasteiger charge is 2.37. The van der Waals surface area contributed by atoms with Crippen molar-refractivity contribution in [2.75, 3.05) is 4.90 Å². The molecule has 226 valence electrons. The summed E-state index contributed by atoms with van der Waals surface area (Å²) < 4.78 is 0. The molecule has 2 aliphatic carbocycles. The van der Waals surface area contributed by atoms with Crippen LogP contribution in [-0.4, -0.2) is 0 Å². The summed E-state index contributed by atoms with van der Waals surface area (Å²) in [5.74, 6) is 0. The Morgan fingerprint density at radius 2 is 0.915 bits per heavy atom. The lowest BCUT2D eigenvalue weighted by molar-refractivity contribution is 0.660.